The fraction of sp³-hybridized carbons (Fsp3) is 0. The van der Waals surface area contributed by atoms with Crippen molar-refractivity contribution in [2.75, 3.05) is 0 Å². The highest BCUT2D eigenvalue weighted by Gasteiger charge is 2.19. The third kappa shape index (κ3) is 4.35. The van der Waals surface area contributed by atoms with E-state index in [1.165, 1.54) is 64.2 Å². The molecule has 11 aromatic rings. The molecule has 0 N–H and O–H groups in total. The van der Waals surface area contributed by atoms with E-state index < -0.39 is 0 Å². The maximum Gasteiger partial charge on any atom is 0.144 e. The van der Waals surface area contributed by atoms with Crippen molar-refractivity contribution in [2.45, 2.75) is 0 Å². The van der Waals surface area contributed by atoms with Gasteiger partial charge in [-0.1, -0.05) is 121 Å². The van der Waals surface area contributed by atoms with Crippen LogP contribution < -0.4 is 0 Å². The van der Waals surface area contributed by atoms with Crippen LogP contribution in [0.3, 0.4) is 0 Å². The number of rotatable bonds is 4. The van der Waals surface area contributed by atoms with E-state index >= 15 is 0 Å². The SMILES string of the molecule is c1ccc(-c2ccc3c(c2)c2cc(-c4ccccc4)ccc2n3-c2cccc(-c3cccc4c3oc3c4ccc4sc5ccccc5c43)c2)cc1. The van der Waals surface area contributed by atoms with E-state index in [0.717, 1.165) is 38.8 Å². The van der Waals surface area contributed by atoms with Crippen LogP contribution in [-0.2, 0) is 0 Å². The standard InChI is InChI=1S/C48H29NOS/c1-3-11-30(12-4-1)32-21-24-42-40(28-32)41-29-33(31-13-5-2-6-14-31)22-25-43(41)49(42)35-16-9-15-34(27-35)36-18-10-19-37-38-23-26-45-46(48(38)50-47(36)37)39-17-7-8-20-44(39)51-45/h1-29H. The van der Waals surface area contributed by atoms with Crippen LogP contribution in [0.4, 0.5) is 0 Å². The van der Waals surface area contributed by atoms with Gasteiger partial charge in [-0.05, 0) is 82.4 Å². The van der Waals surface area contributed by atoms with E-state index in [4.69, 9.17) is 4.42 Å². The molecule has 0 amide bonds. The average Bonchev–Trinajstić information content (AvgIpc) is 3.87. The van der Waals surface area contributed by atoms with Crippen molar-refractivity contribution in [2.24, 2.45) is 0 Å². The number of thiophene rings is 1. The Morgan fingerprint density at radius 3 is 1.71 bits per heavy atom. The molecule has 0 unspecified atom stereocenters. The van der Waals surface area contributed by atoms with Crippen molar-refractivity contribution in [1.29, 1.82) is 0 Å². The number of furan rings is 1. The first-order valence-electron chi connectivity index (χ1n) is 17.3. The fourth-order valence-corrected chi connectivity index (χ4v) is 9.13. The second-order valence-electron chi connectivity index (χ2n) is 13.3. The number of nitrogens with zero attached hydrogens (tertiary/aromatic N) is 1. The molecular weight excluding hydrogens is 639 g/mol. The lowest BCUT2D eigenvalue weighted by Gasteiger charge is -2.11. The number of hydrogen-bond donors (Lipinski definition) is 0. The molecule has 0 aliphatic carbocycles. The first-order chi connectivity index (χ1) is 25.3. The van der Waals surface area contributed by atoms with Crippen LogP contribution in [0.25, 0.3) is 103 Å². The molecule has 3 heterocycles. The summed E-state index contributed by atoms with van der Waals surface area (Å²) >= 11 is 1.83. The van der Waals surface area contributed by atoms with Gasteiger partial charge in [0.1, 0.15) is 11.2 Å². The number of benzene rings is 8. The monoisotopic (exact) mass is 667 g/mol. The fourth-order valence-electron chi connectivity index (χ4n) is 8.03. The van der Waals surface area contributed by atoms with Gasteiger partial charge in [0.2, 0.25) is 0 Å². The van der Waals surface area contributed by atoms with Crippen LogP contribution in [0, 0.1) is 0 Å². The largest absolute Gasteiger partial charge is 0.455 e. The van der Waals surface area contributed by atoms with E-state index in [2.05, 4.69) is 180 Å². The van der Waals surface area contributed by atoms with Gasteiger partial charge in [-0.3, -0.25) is 0 Å². The quantitative estimate of drug-likeness (QED) is 0.183. The van der Waals surface area contributed by atoms with Gasteiger partial charge in [-0.25, -0.2) is 0 Å². The van der Waals surface area contributed by atoms with Gasteiger partial charge in [0.15, 0.2) is 0 Å². The van der Waals surface area contributed by atoms with E-state index in [1.807, 2.05) is 11.3 Å². The second kappa shape index (κ2) is 11.0. The van der Waals surface area contributed by atoms with Crippen LogP contribution in [0.5, 0.6) is 0 Å². The summed E-state index contributed by atoms with van der Waals surface area (Å²) in [4.78, 5) is 0. The Kier molecular flexibility index (Phi) is 6.16. The Balaban J connectivity index is 1.13. The Labute approximate surface area is 298 Å². The van der Waals surface area contributed by atoms with Crippen molar-refractivity contribution < 1.29 is 4.42 Å². The summed E-state index contributed by atoms with van der Waals surface area (Å²) in [5.74, 6) is 0. The number of fused-ring (bicyclic) bond motifs is 10. The number of aromatic nitrogens is 1. The van der Waals surface area contributed by atoms with E-state index in [-0.39, 0.29) is 0 Å². The highest BCUT2D eigenvalue weighted by molar-refractivity contribution is 7.26. The second-order valence-corrected chi connectivity index (χ2v) is 14.4. The van der Waals surface area contributed by atoms with Gasteiger partial charge < -0.3 is 8.98 Å². The molecule has 0 spiro atoms. The predicted octanol–water partition coefficient (Wildman–Crippen LogP) is 14.1. The molecule has 0 saturated heterocycles. The zero-order valence-corrected chi connectivity index (χ0v) is 28.3. The number of para-hydroxylation sites is 1. The summed E-state index contributed by atoms with van der Waals surface area (Å²) in [6.45, 7) is 0. The lowest BCUT2D eigenvalue weighted by molar-refractivity contribution is 0.674. The molecule has 2 nitrogen and oxygen atoms in total. The van der Waals surface area contributed by atoms with Crippen molar-refractivity contribution in [3.8, 4) is 39.1 Å². The van der Waals surface area contributed by atoms with Crippen LogP contribution in [-0.4, -0.2) is 4.57 Å². The topological polar surface area (TPSA) is 18.1 Å². The summed E-state index contributed by atoms with van der Waals surface area (Å²) in [5, 5.41) is 7.23. The van der Waals surface area contributed by atoms with E-state index in [9.17, 15) is 0 Å². The van der Waals surface area contributed by atoms with Gasteiger partial charge in [0, 0.05) is 53.0 Å². The molecule has 0 fully saturated rings. The summed E-state index contributed by atoms with van der Waals surface area (Å²) in [6.07, 6.45) is 0. The number of hydrogen-bond acceptors (Lipinski definition) is 2. The van der Waals surface area contributed by atoms with Crippen LogP contribution in [0.2, 0.25) is 0 Å². The average molecular weight is 668 g/mol. The summed E-state index contributed by atoms with van der Waals surface area (Å²) < 4.78 is 11.9. The maximum atomic E-state index is 6.90. The van der Waals surface area contributed by atoms with Gasteiger partial charge in [0.05, 0.1) is 11.0 Å². The van der Waals surface area contributed by atoms with Crippen molar-refractivity contribution in [3.05, 3.63) is 176 Å². The molecule has 0 radical (unpaired) electrons. The van der Waals surface area contributed by atoms with Gasteiger partial charge in [-0.15, -0.1) is 11.3 Å². The Morgan fingerprint density at radius 1 is 0.373 bits per heavy atom. The first kappa shape index (κ1) is 28.4. The Bertz CT molecular complexity index is 3030. The molecule has 238 valence electrons. The first-order valence-corrected chi connectivity index (χ1v) is 18.2. The van der Waals surface area contributed by atoms with Gasteiger partial charge >= 0.3 is 0 Å². The van der Waals surface area contributed by atoms with Gasteiger partial charge in [0.25, 0.3) is 0 Å². The molecule has 51 heavy (non-hydrogen) atoms. The third-order valence-electron chi connectivity index (χ3n) is 10.4. The Hall–Kier alpha value is -6.42. The minimum absolute atomic E-state index is 0.926. The molecule has 0 bridgehead atoms. The lowest BCUT2D eigenvalue weighted by Crippen LogP contribution is -1.94. The Morgan fingerprint density at radius 2 is 0.980 bits per heavy atom. The van der Waals surface area contributed by atoms with Crippen LogP contribution in [0.1, 0.15) is 0 Å². The molecule has 0 saturated carbocycles. The summed E-state index contributed by atoms with van der Waals surface area (Å²) in [5.41, 5.74) is 12.4. The summed E-state index contributed by atoms with van der Waals surface area (Å²) in [6, 6.07) is 63.6. The molecule has 3 heteroatoms. The van der Waals surface area contributed by atoms with Crippen LogP contribution in [0.15, 0.2) is 180 Å². The van der Waals surface area contributed by atoms with Gasteiger partial charge in [-0.2, -0.15) is 0 Å². The molecule has 8 aromatic carbocycles. The van der Waals surface area contributed by atoms with E-state index in [0.29, 0.717) is 0 Å². The zero-order chi connectivity index (χ0) is 33.5. The highest BCUT2D eigenvalue weighted by atomic mass is 32.1. The maximum absolute atomic E-state index is 6.90. The highest BCUT2D eigenvalue weighted by Crippen LogP contribution is 2.44. The molecular formula is C48H29NOS. The molecule has 0 atom stereocenters. The minimum atomic E-state index is 0.926. The van der Waals surface area contributed by atoms with Crippen LogP contribution >= 0.6 is 11.3 Å². The minimum Gasteiger partial charge on any atom is -0.455 e. The van der Waals surface area contributed by atoms with E-state index in [1.54, 1.807) is 0 Å². The third-order valence-corrected chi connectivity index (χ3v) is 11.5. The van der Waals surface area contributed by atoms with Crippen molar-refractivity contribution in [1.82, 2.24) is 4.57 Å². The molecule has 0 aliphatic heterocycles. The molecule has 11 rings (SSSR count). The molecule has 3 aromatic heterocycles. The molecule has 0 aliphatic rings. The lowest BCUT2D eigenvalue weighted by atomic mass is 10.0. The normalized spacial score (nSPS) is 11.9. The van der Waals surface area contributed by atoms with Crippen molar-refractivity contribution in [3.63, 3.8) is 0 Å². The summed E-state index contributed by atoms with van der Waals surface area (Å²) in [7, 11) is 0. The zero-order valence-electron chi connectivity index (χ0n) is 27.5. The van der Waals surface area contributed by atoms with Crippen molar-refractivity contribution >= 4 is 75.3 Å². The predicted molar refractivity (Wildman–Crippen MR) is 217 cm³/mol. The smallest absolute Gasteiger partial charge is 0.144 e.